The van der Waals surface area contributed by atoms with Crippen LogP contribution >= 0.6 is 0 Å². The summed E-state index contributed by atoms with van der Waals surface area (Å²) in [6.45, 7) is 6.50. The predicted octanol–water partition coefficient (Wildman–Crippen LogP) is 0.170. The van der Waals surface area contributed by atoms with E-state index in [9.17, 15) is 4.79 Å². The van der Waals surface area contributed by atoms with Crippen molar-refractivity contribution in [2.24, 2.45) is 5.73 Å². The Labute approximate surface area is 120 Å². The van der Waals surface area contributed by atoms with Crippen LogP contribution in [0.1, 0.15) is 18.1 Å². The van der Waals surface area contributed by atoms with Gasteiger partial charge in [0.2, 0.25) is 5.91 Å². The molecular formula is C15H23N3O2. The lowest BCUT2D eigenvalue weighted by Gasteiger charge is -2.36. The summed E-state index contributed by atoms with van der Waals surface area (Å²) in [6.07, 6.45) is 0. The summed E-state index contributed by atoms with van der Waals surface area (Å²) in [5.41, 5.74) is 7.53. The highest BCUT2D eigenvalue weighted by Gasteiger charge is 2.23. The van der Waals surface area contributed by atoms with Crippen molar-refractivity contribution in [1.29, 1.82) is 0 Å². The van der Waals surface area contributed by atoms with Gasteiger partial charge in [0.1, 0.15) is 0 Å². The van der Waals surface area contributed by atoms with Gasteiger partial charge in [0.25, 0.3) is 0 Å². The van der Waals surface area contributed by atoms with Crippen molar-refractivity contribution in [1.82, 2.24) is 9.80 Å². The summed E-state index contributed by atoms with van der Waals surface area (Å²) in [5.74, 6) is -0.252. The second-order valence-corrected chi connectivity index (χ2v) is 5.37. The van der Waals surface area contributed by atoms with E-state index >= 15 is 0 Å². The Morgan fingerprint density at radius 3 is 2.25 bits per heavy atom. The first kappa shape index (κ1) is 15.0. The third-order valence-electron chi connectivity index (χ3n) is 3.98. The quantitative estimate of drug-likeness (QED) is 0.805. The van der Waals surface area contributed by atoms with Crippen molar-refractivity contribution < 1.29 is 9.90 Å². The van der Waals surface area contributed by atoms with Crippen molar-refractivity contribution in [3.63, 3.8) is 0 Å². The third-order valence-corrected chi connectivity index (χ3v) is 3.98. The monoisotopic (exact) mass is 277 g/mol. The number of nitrogens with two attached hydrogens (primary N) is 1. The zero-order valence-corrected chi connectivity index (χ0v) is 12.0. The topological polar surface area (TPSA) is 69.8 Å². The fourth-order valence-corrected chi connectivity index (χ4v) is 2.50. The normalized spacial score (nSPS) is 18.9. The van der Waals surface area contributed by atoms with E-state index in [1.165, 1.54) is 5.56 Å². The zero-order chi connectivity index (χ0) is 14.5. The number of carbonyl (C=O) groups is 1. The number of rotatable bonds is 5. The minimum Gasteiger partial charge on any atom is -0.392 e. The van der Waals surface area contributed by atoms with Gasteiger partial charge in [-0.1, -0.05) is 24.3 Å². The largest absolute Gasteiger partial charge is 0.392 e. The van der Waals surface area contributed by atoms with Crippen LogP contribution in [0, 0.1) is 0 Å². The van der Waals surface area contributed by atoms with E-state index < -0.39 is 0 Å². The molecule has 1 aromatic rings. The van der Waals surface area contributed by atoms with Gasteiger partial charge in [-0.05, 0) is 18.1 Å². The van der Waals surface area contributed by atoms with Gasteiger partial charge in [0.05, 0.1) is 12.6 Å². The molecule has 1 amide bonds. The first-order chi connectivity index (χ1) is 9.60. The van der Waals surface area contributed by atoms with Gasteiger partial charge in [0, 0.05) is 32.7 Å². The summed E-state index contributed by atoms with van der Waals surface area (Å²) in [5, 5.41) is 9.02. The fourth-order valence-electron chi connectivity index (χ4n) is 2.50. The lowest BCUT2D eigenvalue weighted by atomic mass is 10.1. The van der Waals surface area contributed by atoms with E-state index in [1.54, 1.807) is 0 Å². The van der Waals surface area contributed by atoms with Gasteiger partial charge in [-0.15, -0.1) is 0 Å². The van der Waals surface area contributed by atoms with E-state index in [-0.39, 0.29) is 18.6 Å². The van der Waals surface area contributed by atoms with Crippen LogP contribution in [0.25, 0.3) is 0 Å². The first-order valence-electron chi connectivity index (χ1n) is 7.04. The number of primary amides is 1. The number of aliphatic hydroxyl groups excluding tert-OH is 1. The minimum atomic E-state index is -0.252. The molecule has 1 aliphatic heterocycles. The Kier molecular flexibility index (Phi) is 5.11. The molecule has 1 unspecified atom stereocenters. The molecule has 1 aliphatic rings. The van der Waals surface area contributed by atoms with Crippen LogP contribution in [0.4, 0.5) is 0 Å². The summed E-state index contributed by atoms with van der Waals surface area (Å²) in [4.78, 5) is 15.7. The Hall–Kier alpha value is -1.43. The van der Waals surface area contributed by atoms with Gasteiger partial charge in [-0.3, -0.25) is 14.6 Å². The summed E-state index contributed by atoms with van der Waals surface area (Å²) in [6, 6.07) is 7.86. The highest BCUT2D eigenvalue weighted by Crippen LogP contribution is 2.11. The minimum absolute atomic E-state index is 0.0873. The van der Waals surface area contributed by atoms with E-state index in [4.69, 9.17) is 10.8 Å². The second kappa shape index (κ2) is 6.83. The van der Waals surface area contributed by atoms with E-state index in [2.05, 4.69) is 21.9 Å². The van der Waals surface area contributed by atoms with Gasteiger partial charge in [0.15, 0.2) is 0 Å². The second-order valence-electron chi connectivity index (χ2n) is 5.37. The standard InChI is InChI=1S/C15H23N3O2/c1-12(15(16)20)18-8-6-17(7-9-18)10-13-2-4-14(11-19)5-3-13/h2-5,12,19H,6-11H2,1H3,(H2,16,20). The number of carbonyl (C=O) groups excluding carboxylic acids is 1. The predicted molar refractivity (Wildman–Crippen MR) is 77.9 cm³/mol. The highest BCUT2D eigenvalue weighted by atomic mass is 16.3. The van der Waals surface area contributed by atoms with Crippen molar-refractivity contribution in [3.8, 4) is 0 Å². The highest BCUT2D eigenvalue weighted by molar-refractivity contribution is 5.79. The number of benzene rings is 1. The molecule has 20 heavy (non-hydrogen) atoms. The van der Waals surface area contributed by atoms with Crippen molar-refractivity contribution in [2.45, 2.75) is 26.1 Å². The number of hydrogen-bond donors (Lipinski definition) is 2. The molecule has 0 radical (unpaired) electrons. The van der Waals surface area contributed by atoms with E-state index in [0.29, 0.717) is 0 Å². The van der Waals surface area contributed by atoms with Crippen LogP contribution in [-0.4, -0.2) is 53.0 Å². The Morgan fingerprint density at radius 1 is 1.20 bits per heavy atom. The molecule has 1 atom stereocenters. The molecular weight excluding hydrogens is 254 g/mol. The molecule has 110 valence electrons. The Balaban J connectivity index is 1.83. The summed E-state index contributed by atoms with van der Waals surface area (Å²) < 4.78 is 0. The molecule has 2 rings (SSSR count). The lowest BCUT2D eigenvalue weighted by Crippen LogP contribution is -2.52. The molecule has 0 aromatic heterocycles. The van der Waals surface area contributed by atoms with Crippen molar-refractivity contribution in [3.05, 3.63) is 35.4 Å². The first-order valence-corrected chi connectivity index (χ1v) is 7.04. The number of piperazine rings is 1. The number of amides is 1. The third kappa shape index (κ3) is 3.79. The smallest absolute Gasteiger partial charge is 0.234 e. The van der Waals surface area contributed by atoms with Gasteiger partial charge in [-0.25, -0.2) is 0 Å². The molecule has 5 nitrogen and oxygen atoms in total. The van der Waals surface area contributed by atoms with E-state index in [0.717, 1.165) is 38.3 Å². The van der Waals surface area contributed by atoms with Crippen LogP contribution < -0.4 is 5.73 Å². The summed E-state index contributed by atoms with van der Waals surface area (Å²) in [7, 11) is 0. The molecule has 0 saturated carbocycles. The maximum Gasteiger partial charge on any atom is 0.234 e. The zero-order valence-electron chi connectivity index (χ0n) is 12.0. The Morgan fingerprint density at radius 2 is 1.75 bits per heavy atom. The van der Waals surface area contributed by atoms with Crippen LogP contribution in [0.3, 0.4) is 0 Å². The van der Waals surface area contributed by atoms with Gasteiger partial charge < -0.3 is 10.8 Å². The molecule has 1 heterocycles. The molecule has 1 aromatic carbocycles. The Bertz CT molecular complexity index is 439. The van der Waals surface area contributed by atoms with Gasteiger partial charge in [-0.2, -0.15) is 0 Å². The van der Waals surface area contributed by atoms with Crippen LogP contribution in [-0.2, 0) is 17.9 Å². The van der Waals surface area contributed by atoms with Crippen LogP contribution in [0.5, 0.6) is 0 Å². The number of nitrogens with zero attached hydrogens (tertiary/aromatic N) is 2. The maximum atomic E-state index is 11.2. The molecule has 1 saturated heterocycles. The number of aliphatic hydroxyl groups is 1. The lowest BCUT2D eigenvalue weighted by molar-refractivity contribution is -0.123. The van der Waals surface area contributed by atoms with E-state index in [1.807, 2.05) is 19.1 Å². The summed E-state index contributed by atoms with van der Waals surface area (Å²) >= 11 is 0. The molecule has 1 fully saturated rings. The molecule has 0 bridgehead atoms. The van der Waals surface area contributed by atoms with Gasteiger partial charge >= 0.3 is 0 Å². The molecule has 5 heteroatoms. The number of hydrogen-bond acceptors (Lipinski definition) is 4. The van der Waals surface area contributed by atoms with Crippen LogP contribution in [0.2, 0.25) is 0 Å². The van der Waals surface area contributed by atoms with Crippen molar-refractivity contribution in [2.75, 3.05) is 26.2 Å². The SMILES string of the molecule is CC(C(N)=O)N1CCN(Cc2ccc(CO)cc2)CC1. The molecule has 0 aliphatic carbocycles. The maximum absolute atomic E-state index is 11.2. The fraction of sp³-hybridized carbons (Fsp3) is 0.533. The van der Waals surface area contributed by atoms with Crippen molar-refractivity contribution >= 4 is 5.91 Å². The molecule has 3 N–H and O–H groups in total. The average molecular weight is 277 g/mol. The average Bonchev–Trinajstić information content (AvgIpc) is 2.48. The molecule has 0 spiro atoms. The van der Waals surface area contributed by atoms with Crippen LogP contribution in [0.15, 0.2) is 24.3 Å².